The Kier molecular flexibility index (Phi) is 5.46. The van der Waals surface area contributed by atoms with Crippen molar-refractivity contribution in [3.63, 3.8) is 0 Å². The predicted octanol–water partition coefficient (Wildman–Crippen LogP) is 1.32. The number of rotatable bonds is 4. The summed E-state index contributed by atoms with van der Waals surface area (Å²) >= 11 is 0. The monoisotopic (exact) mass is 344 g/mol. The van der Waals surface area contributed by atoms with Crippen LogP contribution in [0.15, 0.2) is 24.3 Å². The number of hydrogen-bond acceptors (Lipinski definition) is 4. The van der Waals surface area contributed by atoms with Crippen molar-refractivity contribution in [1.29, 1.82) is 0 Å². The van der Waals surface area contributed by atoms with Gasteiger partial charge in [0.25, 0.3) is 0 Å². The van der Waals surface area contributed by atoms with Gasteiger partial charge in [-0.05, 0) is 30.9 Å². The normalized spacial score (nSPS) is 20.2. The molecule has 136 valence electrons. The van der Waals surface area contributed by atoms with E-state index < -0.39 is 0 Å². The van der Waals surface area contributed by atoms with Gasteiger partial charge in [0.05, 0.1) is 24.5 Å². The minimum Gasteiger partial charge on any atom is -0.373 e. The number of nitrogens with zero attached hydrogens (tertiary/aromatic N) is 3. The molecule has 25 heavy (non-hydrogen) atoms. The Morgan fingerprint density at radius 2 is 1.80 bits per heavy atom. The van der Waals surface area contributed by atoms with Crippen LogP contribution in [0.25, 0.3) is 0 Å². The fraction of sp³-hybridized carbons (Fsp3) is 0.579. The Balaban J connectivity index is 1.61. The third-order valence-electron chi connectivity index (χ3n) is 4.98. The van der Waals surface area contributed by atoms with E-state index in [0.717, 1.165) is 50.4 Å². The molecule has 2 heterocycles. The van der Waals surface area contributed by atoms with Crippen LogP contribution in [0.5, 0.6) is 0 Å². The molecule has 2 amide bonds. The summed E-state index contributed by atoms with van der Waals surface area (Å²) in [6, 6.07) is 8.18. The molecule has 6 nitrogen and oxygen atoms in total. The molecule has 3 rings (SSSR count). The number of hydrogen-bond donors (Lipinski definition) is 1. The van der Waals surface area contributed by atoms with E-state index in [4.69, 9.17) is 0 Å². The fourth-order valence-corrected chi connectivity index (χ4v) is 3.78. The van der Waals surface area contributed by atoms with Crippen molar-refractivity contribution < 1.29 is 9.59 Å². The molecule has 0 unspecified atom stereocenters. The standard InChI is InChI=1S/C19H28N4O2/c1-15-12-21(2)16-7-3-4-8-17(16)23(13-15)14-18(24)20-11-19(25)22-9-5-6-10-22/h3-4,7-8,15H,5-6,9-14H2,1-2H3,(H,20,24)/t15-/m0/s1. The Bertz CT molecular complexity index is 628. The first-order valence-corrected chi connectivity index (χ1v) is 9.14. The van der Waals surface area contributed by atoms with E-state index in [1.807, 2.05) is 17.0 Å². The largest absolute Gasteiger partial charge is 0.373 e. The third kappa shape index (κ3) is 4.24. The molecule has 1 aromatic rings. The van der Waals surface area contributed by atoms with Crippen molar-refractivity contribution in [2.75, 3.05) is 56.1 Å². The molecule has 1 aromatic carbocycles. The minimum atomic E-state index is -0.0981. The average Bonchev–Trinajstić information content (AvgIpc) is 3.10. The van der Waals surface area contributed by atoms with E-state index in [1.54, 1.807) is 0 Å². The van der Waals surface area contributed by atoms with Crippen LogP contribution in [0.4, 0.5) is 11.4 Å². The van der Waals surface area contributed by atoms with Crippen LogP contribution in [0, 0.1) is 5.92 Å². The van der Waals surface area contributed by atoms with E-state index in [-0.39, 0.29) is 24.9 Å². The quantitative estimate of drug-likeness (QED) is 0.895. The summed E-state index contributed by atoms with van der Waals surface area (Å²) in [5.41, 5.74) is 2.23. The van der Waals surface area contributed by atoms with Gasteiger partial charge in [0.2, 0.25) is 11.8 Å². The summed E-state index contributed by atoms with van der Waals surface area (Å²) in [4.78, 5) is 30.7. The van der Waals surface area contributed by atoms with E-state index >= 15 is 0 Å². The average molecular weight is 344 g/mol. The van der Waals surface area contributed by atoms with E-state index in [1.165, 1.54) is 0 Å². The fourth-order valence-electron chi connectivity index (χ4n) is 3.78. The lowest BCUT2D eigenvalue weighted by Gasteiger charge is -2.26. The molecule has 0 aromatic heterocycles. The van der Waals surface area contributed by atoms with Crippen LogP contribution in [-0.4, -0.2) is 63.0 Å². The number of likely N-dealkylation sites (tertiary alicyclic amines) is 1. The number of nitrogens with one attached hydrogen (secondary N) is 1. The topological polar surface area (TPSA) is 55.9 Å². The maximum Gasteiger partial charge on any atom is 0.241 e. The summed E-state index contributed by atoms with van der Waals surface area (Å²) in [5.74, 6) is 0.380. The number of anilines is 2. The van der Waals surface area contributed by atoms with Crippen LogP contribution < -0.4 is 15.1 Å². The molecule has 0 aliphatic carbocycles. The zero-order chi connectivity index (χ0) is 17.8. The first-order valence-electron chi connectivity index (χ1n) is 9.14. The van der Waals surface area contributed by atoms with Gasteiger partial charge in [-0.3, -0.25) is 9.59 Å². The maximum atomic E-state index is 12.4. The van der Waals surface area contributed by atoms with Gasteiger partial charge in [-0.2, -0.15) is 0 Å². The second-order valence-corrected chi connectivity index (χ2v) is 7.22. The predicted molar refractivity (Wildman–Crippen MR) is 99.9 cm³/mol. The Morgan fingerprint density at radius 3 is 2.52 bits per heavy atom. The second-order valence-electron chi connectivity index (χ2n) is 7.22. The molecular formula is C19H28N4O2. The molecular weight excluding hydrogens is 316 g/mol. The number of benzene rings is 1. The number of fused-ring (bicyclic) bond motifs is 1. The van der Waals surface area contributed by atoms with E-state index in [0.29, 0.717) is 5.92 Å². The van der Waals surface area contributed by atoms with Crippen LogP contribution in [0.3, 0.4) is 0 Å². The highest BCUT2D eigenvalue weighted by Gasteiger charge is 2.24. The highest BCUT2D eigenvalue weighted by atomic mass is 16.2. The van der Waals surface area contributed by atoms with Crippen LogP contribution in [-0.2, 0) is 9.59 Å². The van der Waals surface area contributed by atoms with Gasteiger partial charge < -0.3 is 20.0 Å². The van der Waals surface area contributed by atoms with Gasteiger partial charge in [0.15, 0.2) is 0 Å². The molecule has 2 aliphatic heterocycles. The van der Waals surface area contributed by atoms with Gasteiger partial charge in [0.1, 0.15) is 0 Å². The molecule has 1 N–H and O–H groups in total. The number of carbonyl (C=O) groups is 2. The zero-order valence-electron chi connectivity index (χ0n) is 15.2. The molecule has 0 radical (unpaired) electrons. The molecule has 1 fully saturated rings. The molecule has 0 saturated carbocycles. The lowest BCUT2D eigenvalue weighted by molar-refractivity contribution is -0.131. The van der Waals surface area contributed by atoms with E-state index in [9.17, 15) is 9.59 Å². The summed E-state index contributed by atoms with van der Waals surface area (Å²) in [6.07, 6.45) is 2.13. The molecule has 0 bridgehead atoms. The Hall–Kier alpha value is -2.24. The molecule has 6 heteroatoms. The number of carbonyl (C=O) groups excluding carboxylic acids is 2. The Labute approximate surface area is 149 Å². The van der Waals surface area contributed by atoms with Gasteiger partial charge in [-0.15, -0.1) is 0 Å². The van der Waals surface area contributed by atoms with Gasteiger partial charge in [-0.1, -0.05) is 19.1 Å². The molecule has 1 atom stereocenters. The van der Waals surface area contributed by atoms with Gasteiger partial charge in [0, 0.05) is 33.2 Å². The van der Waals surface area contributed by atoms with Crippen molar-refractivity contribution >= 4 is 23.2 Å². The van der Waals surface area contributed by atoms with Crippen molar-refractivity contribution in [2.45, 2.75) is 19.8 Å². The highest BCUT2D eigenvalue weighted by molar-refractivity contribution is 5.88. The van der Waals surface area contributed by atoms with Crippen molar-refractivity contribution in [3.8, 4) is 0 Å². The molecule has 1 saturated heterocycles. The minimum absolute atomic E-state index is 0.0233. The van der Waals surface area contributed by atoms with Gasteiger partial charge in [-0.25, -0.2) is 0 Å². The summed E-state index contributed by atoms with van der Waals surface area (Å²) in [5, 5.41) is 2.80. The van der Waals surface area contributed by atoms with Crippen molar-refractivity contribution in [3.05, 3.63) is 24.3 Å². The Morgan fingerprint density at radius 1 is 1.12 bits per heavy atom. The second kappa shape index (κ2) is 7.76. The zero-order valence-corrected chi connectivity index (χ0v) is 15.2. The van der Waals surface area contributed by atoms with Crippen molar-refractivity contribution in [2.24, 2.45) is 5.92 Å². The smallest absolute Gasteiger partial charge is 0.241 e. The number of amides is 2. The summed E-state index contributed by atoms with van der Waals surface area (Å²) in [6.45, 7) is 6.00. The number of para-hydroxylation sites is 2. The van der Waals surface area contributed by atoms with Crippen molar-refractivity contribution in [1.82, 2.24) is 10.2 Å². The lowest BCUT2D eigenvalue weighted by Crippen LogP contribution is -2.43. The lowest BCUT2D eigenvalue weighted by atomic mass is 10.1. The molecule has 0 spiro atoms. The van der Waals surface area contributed by atoms with Crippen LogP contribution in [0.2, 0.25) is 0 Å². The third-order valence-corrected chi connectivity index (χ3v) is 4.98. The first kappa shape index (κ1) is 17.6. The maximum absolute atomic E-state index is 12.4. The van der Waals surface area contributed by atoms with Crippen LogP contribution >= 0.6 is 0 Å². The SMILES string of the molecule is C[C@H]1CN(C)c2ccccc2N(CC(=O)NCC(=O)N2CCCC2)C1. The molecule has 2 aliphatic rings. The van der Waals surface area contributed by atoms with E-state index in [2.05, 4.69) is 41.2 Å². The highest BCUT2D eigenvalue weighted by Crippen LogP contribution is 2.32. The van der Waals surface area contributed by atoms with Gasteiger partial charge >= 0.3 is 0 Å². The first-order chi connectivity index (χ1) is 12.0. The summed E-state index contributed by atoms with van der Waals surface area (Å²) < 4.78 is 0. The summed E-state index contributed by atoms with van der Waals surface area (Å²) in [7, 11) is 2.09. The van der Waals surface area contributed by atoms with Crippen LogP contribution in [0.1, 0.15) is 19.8 Å².